The quantitative estimate of drug-likeness (QED) is 0.547. The monoisotopic (exact) mass is 427 g/mol. The van der Waals surface area contributed by atoms with Gasteiger partial charge in [0.1, 0.15) is 31.1 Å². The van der Waals surface area contributed by atoms with E-state index in [1.807, 2.05) is 31.2 Å². The molecule has 2 aromatic rings. The number of quaternary nitrogens is 1. The molecule has 0 atom stereocenters. The summed E-state index contributed by atoms with van der Waals surface area (Å²) in [4.78, 5) is 14.0. The third-order valence-electron chi connectivity index (χ3n) is 5.13. The molecule has 7 heteroatoms. The number of carbonyl (C=O) groups excluding carboxylic acids is 1. The molecule has 0 amide bonds. The minimum absolute atomic E-state index is 0.138. The number of ketones is 1. The maximum Gasteiger partial charge on any atom is 0.231 e. The van der Waals surface area contributed by atoms with E-state index in [1.54, 1.807) is 26.4 Å². The standard InChI is InChI=1S/C24H29NO6/c1-4-30-18-7-5-17(6-8-18)15-22-23(27)19-9-10-21(26)20(24(19)31-22)16-25(11-13-28-2)12-14-29-3/h5-10,15,26H,4,11-14,16H2,1-3H3/b22-15-. The molecule has 1 heterocycles. The van der Waals surface area contributed by atoms with E-state index in [9.17, 15) is 9.90 Å². The molecular formula is C24H29NO6. The second-order valence-corrected chi connectivity index (χ2v) is 7.27. The van der Waals surface area contributed by atoms with Crippen molar-refractivity contribution in [1.29, 1.82) is 0 Å². The third-order valence-corrected chi connectivity index (χ3v) is 5.13. The van der Waals surface area contributed by atoms with Gasteiger partial charge in [-0.25, -0.2) is 0 Å². The van der Waals surface area contributed by atoms with Crippen molar-refractivity contribution in [1.82, 2.24) is 0 Å². The van der Waals surface area contributed by atoms with Crippen molar-refractivity contribution >= 4 is 11.9 Å². The van der Waals surface area contributed by atoms with Crippen LogP contribution in [0.25, 0.3) is 6.08 Å². The molecule has 1 N–H and O–H groups in total. The Labute approximate surface area is 182 Å². The molecule has 1 aliphatic rings. The summed E-state index contributed by atoms with van der Waals surface area (Å²) in [5, 5.41) is 12.6. The largest absolute Gasteiger partial charge is 0.872 e. The van der Waals surface area contributed by atoms with Gasteiger partial charge in [-0.1, -0.05) is 23.9 Å². The Hall–Kier alpha value is -2.87. The Morgan fingerprint density at radius 1 is 1.03 bits per heavy atom. The van der Waals surface area contributed by atoms with Gasteiger partial charge < -0.3 is 29.0 Å². The number of nitrogens with one attached hydrogen (secondary N) is 1. The van der Waals surface area contributed by atoms with Crippen molar-refractivity contribution in [3.8, 4) is 17.2 Å². The highest BCUT2D eigenvalue weighted by Crippen LogP contribution is 2.38. The minimum atomic E-state index is -0.222. The van der Waals surface area contributed by atoms with Crippen LogP contribution in [0, 0.1) is 0 Å². The summed E-state index contributed by atoms with van der Waals surface area (Å²) in [5.41, 5.74) is 1.74. The van der Waals surface area contributed by atoms with Crippen LogP contribution >= 0.6 is 0 Å². The number of rotatable bonds is 11. The Morgan fingerprint density at radius 3 is 2.32 bits per heavy atom. The van der Waals surface area contributed by atoms with Crippen molar-refractivity contribution in [3.05, 3.63) is 58.8 Å². The van der Waals surface area contributed by atoms with Gasteiger partial charge in [0.2, 0.25) is 5.78 Å². The van der Waals surface area contributed by atoms with Crippen LogP contribution in [-0.4, -0.2) is 52.9 Å². The van der Waals surface area contributed by atoms with Crippen LogP contribution in [-0.2, 0) is 16.0 Å². The Bertz CT molecular complexity index is 914. The fourth-order valence-corrected chi connectivity index (χ4v) is 3.48. The molecule has 0 saturated heterocycles. The van der Waals surface area contributed by atoms with Crippen molar-refractivity contribution in [2.24, 2.45) is 0 Å². The first kappa shape index (κ1) is 22.8. The smallest absolute Gasteiger partial charge is 0.231 e. The van der Waals surface area contributed by atoms with Crippen LogP contribution in [0.4, 0.5) is 0 Å². The summed E-state index contributed by atoms with van der Waals surface area (Å²) in [5.74, 6) is 0.977. The van der Waals surface area contributed by atoms with Crippen molar-refractivity contribution < 1.29 is 33.7 Å². The van der Waals surface area contributed by atoms with E-state index in [4.69, 9.17) is 18.9 Å². The SMILES string of the molecule is CCOc1ccc(/C=C2\Oc3c(ccc([O-])c3C[NH+](CCOC)CCOC)C2=O)cc1. The lowest BCUT2D eigenvalue weighted by atomic mass is 10.0. The lowest BCUT2D eigenvalue weighted by Gasteiger charge is -2.23. The Morgan fingerprint density at radius 2 is 1.71 bits per heavy atom. The number of hydrogen-bond acceptors (Lipinski definition) is 6. The number of fused-ring (bicyclic) bond motifs is 1. The van der Waals surface area contributed by atoms with E-state index in [1.165, 1.54) is 6.07 Å². The van der Waals surface area contributed by atoms with Crippen molar-refractivity contribution in [2.45, 2.75) is 13.5 Å². The zero-order chi connectivity index (χ0) is 22.2. The van der Waals surface area contributed by atoms with Crippen LogP contribution in [0.3, 0.4) is 0 Å². The van der Waals surface area contributed by atoms with E-state index < -0.39 is 0 Å². The van der Waals surface area contributed by atoms with Gasteiger partial charge >= 0.3 is 0 Å². The lowest BCUT2D eigenvalue weighted by Crippen LogP contribution is -3.11. The van der Waals surface area contributed by atoms with E-state index in [2.05, 4.69) is 0 Å². The molecule has 2 aromatic carbocycles. The van der Waals surface area contributed by atoms with Crippen molar-refractivity contribution in [3.63, 3.8) is 0 Å². The second kappa shape index (κ2) is 10.9. The van der Waals surface area contributed by atoms with Crippen LogP contribution < -0.4 is 19.5 Å². The molecule has 31 heavy (non-hydrogen) atoms. The third kappa shape index (κ3) is 5.64. The van der Waals surface area contributed by atoms with Crippen LogP contribution in [0.2, 0.25) is 0 Å². The fraction of sp³-hybridized carbons (Fsp3) is 0.375. The van der Waals surface area contributed by atoms with E-state index in [-0.39, 0.29) is 17.3 Å². The van der Waals surface area contributed by atoms with E-state index in [0.29, 0.717) is 56.3 Å². The summed E-state index contributed by atoms with van der Waals surface area (Å²) >= 11 is 0. The topological polar surface area (TPSA) is 81.5 Å². The average Bonchev–Trinajstić information content (AvgIpc) is 3.08. The highest BCUT2D eigenvalue weighted by atomic mass is 16.5. The molecule has 0 bridgehead atoms. The molecule has 3 rings (SSSR count). The Balaban J connectivity index is 1.84. The van der Waals surface area contributed by atoms with Gasteiger partial charge in [0.05, 0.1) is 25.4 Å². The molecule has 166 valence electrons. The molecule has 0 unspecified atom stereocenters. The van der Waals surface area contributed by atoms with Gasteiger partial charge in [-0.3, -0.25) is 4.79 Å². The first-order chi connectivity index (χ1) is 15.1. The van der Waals surface area contributed by atoms with Gasteiger partial charge in [0.15, 0.2) is 5.76 Å². The molecule has 0 aliphatic carbocycles. The summed E-state index contributed by atoms with van der Waals surface area (Å²) in [6.45, 7) is 5.49. The predicted molar refractivity (Wildman–Crippen MR) is 115 cm³/mol. The molecule has 1 aliphatic heterocycles. The number of ether oxygens (including phenoxy) is 4. The number of hydrogen-bond donors (Lipinski definition) is 1. The van der Waals surface area contributed by atoms with Gasteiger partial charge in [-0.05, 0) is 36.8 Å². The zero-order valence-corrected chi connectivity index (χ0v) is 18.2. The van der Waals surface area contributed by atoms with Crippen molar-refractivity contribution in [2.75, 3.05) is 47.1 Å². The maximum absolute atomic E-state index is 12.9. The van der Waals surface area contributed by atoms with Gasteiger partial charge in [0.25, 0.3) is 0 Å². The van der Waals surface area contributed by atoms with E-state index >= 15 is 0 Å². The summed E-state index contributed by atoms with van der Waals surface area (Å²) in [7, 11) is 3.29. The first-order valence-corrected chi connectivity index (χ1v) is 10.4. The van der Waals surface area contributed by atoms with Crippen LogP contribution in [0.5, 0.6) is 17.2 Å². The van der Waals surface area contributed by atoms with Gasteiger partial charge in [-0.2, -0.15) is 0 Å². The minimum Gasteiger partial charge on any atom is -0.872 e. The number of carbonyl (C=O) groups is 1. The Kier molecular flexibility index (Phi) is 8.06. The average molecular weight is 427 g/mol. The molecule has 0 fully saturated rings. The highest BCUT2D eigenvalue weighted by Gasteiger charge is 2.31. The van der Waals surface area contributed by atoms with Gasteiger partial charge in [0, 0.05) is 19.8 Å². The number of allylic oxidation sites excluding steroid dienone is 1. The van der Waals surface area contributed by atoms with Crippen LogP contribution in [0.15, 0.2) is 42.2 Å². The summed E-state index contributed by atoms with van der Waals surface area (Å²) < 4.78 is 21.8. The van der Waals surface area contributed by atoms with E-state index in [0.717, 1.165) is 16.2 Å². The number of benzene rings is 2. The zero-order valence-electron chi connectivity index (χ0n) is 18.2. The molecule has 0 aromatic heterocycles. The molecule has 7 nitrogen and oxygen atoms in total. The molecule has 0 spiro atoms. The summed E-state index contributed by atoms with van der Waals surface area (Å²) in [6, 6.07) is 10.4. The first-order valence-electron chi connectivity index (χ1n) is 10.4. The molecule has 0 radical (unpaired) electrons. The molecule has 0 saturated carbocycles. The number of methoxy groups -OCH3 is 2. The summed E-state index contributed by atoms with van der Waals surface area (Å²) in [6.07, 6.45) is 1.69. The molecular weight excluding hydrogens is 398 g/mol. The number of Topliss-reactive ketones (excluding diaryl/α,β-unsaturated/α-hetero) is 1. The van der Waals surface area contributed by atoms with Crippen LogP contribution in [0.1, 0.15) is 28.4 Å². The normalized spacial score (nSPS) is 14.2. The fourth-order valence-electron chi connectivity index (χ4n) is 3.48. The highest BCUT2D eigenvalue weighted by molar-refractivity contribution is 6.14. The second-order valence-electron chi connectivity index (χ2n) is 7.27. The predicted octanol–water partition coefficient (Wildman–Crippen LogP) is 1.45. The van der Waals surface area contributed by atoms with Gasteiger partial charge in [-0.15, -0.1) is 0 Å². The lowest BCUT2D eigenvalue weighted by molar-refractivity contribution is -0.914. The maximum atomic E-state index is 12.9.